The van der Waals surface area contributed by atoms with Crippen LogP contribution in [0, 0.1) is 6.92 Å². The fourth-order valence-corrected chi connectivity index (χ4v) is 2.18. The second-order valence-electron chi connectivity index (χ2n) is 4.81. The molecule has 1 heterocycles. The van der Waals surface area contributed by atoms with Crippen LogP contribution in [0.4, 0.5) is 5.69 Å². The van der Waals surface area contributed by atoms with E-state index in [-0.39, 0.29) is 12.2 Å². The summed E-state index contributed by atoms with van der Waals surface area (Å²) >= 11 is 0. The third-order valence-corrected chi connectivity index (χ3v) is 3.27. The Hall–Kier alpha value is -2.82. The zero-order valence-electron chi connectivity index (χ0n) is 11.6. The van der Waals surface area contributed by atoms with Crippen molar-refractivity contribution in [3.8, 4) is 5.75 Å². The van der Waals surface area contributed by atoms with Crippen molar-refractivity contribution in [1.29, 1.82) is 0 Å². The lowest BCUT2D eigenvalue weighted by atomic mass is 10.1. The molecule has 0 radical (unpaired) electrons. The van der Waals surface area contributed by atoms with Gasteiger partial charge in [-0.25, -0.2) is 4.98 Å². The number of aromatic nitrogens is 2. The molecule has 1 aromatic heterocycles. The number of nitrogen functional groups attached to an aromatic ring is 1. The molecule has 5 nitrogen and oxygen atoms in total. The Kier molecular flexibility index (Phi) is 3.31. The summed E-state index contributed by atoms with van der Waals surface area (Å²) in [5, 5.41) is 0.581. The number of hydrogen-bond donors (Lipinski definition) is 2. The predicted octanol–water partition coefficient (Wildman–Crippen LogP) is 2.39. The molecule has 0 amide bonds. The van der Waals surface area contributed by atoms with E-state index < -0.39 is 0 Å². The number of rotatable bonds is 3. The maximum Gasteiger partial charge on any atom is 0.258 e. The van der Waals surface area contributed by atoms with Gasteiger partial charge in [0.05, 0.1) is 16.6 Å². The van der Waals surface area contributed by atoms with Crippen LogP contribution in [0.15, 0.2) is 47.3 Å². The second kappa shape index (κ2) is 5.28. The summed E-state index contributed by atoms with van der Waals surface area (Å²) < 4.78 is 5.61. The van der Waals surface area contributed by atoms with Crippen molar-refractivity contribution in [2.75, 3.05) is 5.73 Å². The van der Waals surface area contributed by atoms with E-state index in [0.29, 0.717) is 28.2 Å². The van der Waals surface area contributed by atoms with Crippen LogP contribution in [0.1, 0.15) is 11.4 Å². The van der Waals surface area contributed by atoms with Crippen molar-refractivity contribution in [2.45, 2.75) is 13.5 Å². The van der Waals surface area contributed by atoms with Crippen LogP contribution < -0.4 is 16.0 Å². The highest BCUT2D eigenvalue weighted by atomic mass is 16.5. The number of para-hydroxylation sites is 3. The van der Waals surface area contributed by atoms with Gasteiger partial charge < -0.3 is 15.5 Å². The molecule has 0 aliphatic carbocycles. The zero-order chi connectivity index (χ0) is 14.8. The summed E-state index contributed by atoms with van der Waals surface area (Å²) in [7, 11) is 0. The Morgan fingerprint density at radius 1 is 1.19 bits per heavy atom. The van der Waals surface area contributed by atoms with Crippen LogP contribution in [0.3, 0.4) is 0 Å². The van der Waals surface area contributed by atoms with E-state index in [1.807, 2.05) is 31.2 Å². The van der Waals surface area contributed by atoms with Gasteiger partial charge in [-0.15, -0.1) is 0 Å². The first-order valence-electron chi connectivity index (χ1n) is 6.61. The van der Waals surface area contributed by atoms with E-state index in [0.717, 1.165) is 5.56 Å². The topological polar surface area (TPSA) is 81.0 Å². The van der Waals surface area contributed by atoms with Crippen molar-refractivity contribution in [3.63, 3.8) is 0 Å². The average Bonchev–Trinajstić information content (AvgIpc) is 2.48. The summed E-state index contributed by atoms with van der Waals surface area (Å²) in [5.41, 5.74) is 7.85. The first-order chi connectivity index (χ1) is 10.1. The average molecular weight is 281 g/mol. The van der Waals surface area contributed by atoms with Gasteiger partial charge >= 0.3 is 0 Å². The Balaban J connectivity index is 1.93. The van der Waals surface area contributed by atoms with E-state index >= 15 is 0 Å². The maximum absolute atomic E-state index is 12.1. The number of H-pyrrole nitrogens is 1. The summed E-state index contributed by atoms with van der Waals surface area (Å²) in [5.74, 6) is 1.05. The van der Waals surface area contributed by atoms with Crippen molar-refractivity contribution in [1.82, 2.24) is 9.97 Å². The molecule has 3 N–H and O–H groups in total. The highest BCUT2D eigenvalue weighted by Crippen LogP contribution is 2.20. The smallest absolute Gasteiger partial charge is 0.258 e. The van der Waals surface area contributed by atoms with Crippen LogP contribution in [-0.4, -0.2) is 9.97 Å². The Morgan fingerprint density at radius 3 is 2.81 bits per heavy atom. The molecule has 106 valence electrons. The van der Waals surface area contributed by atoms with Crippen molar-refractivity contribution in [3.05, 3.63) is 64.2 Å². The summed E-state index contributed by atoms with van der Waals surface area (Å²) in [6.45, 7) is 2.09. The number of aromatic amines is 1. The molecule has 0 saturated carbocycles. The summed E-state index contributed by atoms with van der Waals surface area (Å²) in [6, 6.07) is 12.7. The van der Waals surface area contributed by atoms with Gasteiger partial charge in [0, 0.05) is 0 Å². The fourth-order valence-electron chi connectivity index (χ4n) is 2.18. The Morgan fingerprint density at radius 2 is 2.00 bits per heavy atom. The molecule has 0 fully saturated rings. The number of aryl methyl sites for hydroxylation is 1. The number of nitrogens with one attached hydrogen (secondary N) is 1. The number of nitrogens with zero attached hydrogens (tertiary/aromatic N) is 1. The van der Waals surface area contributed by atoms with Crippen molar-refractivity contribution in [2.24, 2.45) is 0 Å². The van der Waals surface area contributed by atoms with Crippen LogP contribution in [0.25, 0.3) is 10.9 Å². The standard InChI is InChI=1S/C16H15N3O2/c1-10-5-4-6-11-15(10)18-14(19-16(11)20)9-21-13-8-3-2-7-12(13)17/h2-8H,9,17H2,1H3,(H,18,19,20). The first-order valence-corrected chi connectivity index (χ1v) is 6.61. The van der Waals surface area contributed by atoms with E-state index in [9.17, 15) is 4.79 Å². The van der Waals surface area contributed by atoms with Crippen molar-refractivity contribution < 1.29 is 4.74 Å². The van der Waals surface area contributed by atoms with Gasteiger partial charge in [-0.1, -0.05) is 24.3 Å². The van der Waals surface area contributed by atoms with Gasteiger partial charge in [0.25, 0.3) is 5.56 Å². The molecule has 0 spiro atoms. The molecule has 0 aliphatic heterocycles. The van der Waals surface area contributed by atoms with E-state index in [1.54, 1.807) is 18.2 Å². The summed E-state index contributed by atoms with van der Waals surface area (Å²) in [6.07, 6.45) is 0. The fraction of sp³-hybridized carbons (Fsp3) is 0.125. The van der Waals surface area contributed by atoms with Gasteiger partial charge in [0.15, 0.2) is 0 Å². The van der Waals surface area contributed by atoms with E-state index in [1.165, 1.54) is 0 Å². The predicted molar refractivity (Wildman–Crippen MR) is 82.3 cm³/mol. The number of hydrogen-bond acceptors (Lipinski definition) is 4. The third kappa shape index (κ3) is 2.58. The second-order valence-corrected chi connectivity index (χ2v) is 4.81. The lowest BCUT2D eigenvalue weighted by molar-refractivity contribution is 0.297. The largest absolute Gasteiger partial charge is 0.484 e. The first kappa shape index (κ1) is 13.2. The molecule has 3 aromatic rings. The summed E-state index contributed by atoms with van der Waals surface area (Å²) in [4.78, 5) is 19.2. The van der Waals surface area contributed by atoms with Gasteiger partial charge in [0.1, 0.15) is 18.2 Å². The highest BCUT2D eigenvalue weighted by Gasteiger charge is 2.07. The van der Waals surface area contributed by atoms with Crippen LogP contribution >= 0.6 is 0 Å². The lowest BCUT2D eigenvalue weighted by Gasteiger charge is -2.09. The molecule has 0 saturated heterocycles. The highest BCUT2D eigenvalue weighted by molar-refractivity contribution is 5.80. The van der Waals surface area contributed by atoms with E-state index in [4.69, 9.17) is 10.5 Å². The number of ether oxygens (including phenoxy) is 1. The van der Waals surface area contributed by atoms with Gasteiger partial charge in [-0.05, 0) is 30.7 Å². The molecule has 0 unspecified atom stereocenters. The van der Waals surface area contributed by atoms with Gasteiger partial charge in [-0.2, -0.15) is 0 Å². The Bertz CT molecular complexity index is 856. The third-order valence-electron chi connectivity index (χ3n) is 3.27. The number of fused-ring (bicyclic) bond motifs is 1. The monoisotopic (exact) mass is 281 g/mol. The number of benzene rings is 2. The number of nitrogens with two attached hydrogens (primary N) is 1. The van der Waals surface area contributed by atoms with Gasteiger partial charge in [0.2, 0.25) is 0 Å². The minimum absolute atomic E-state index is 0.160. The lowest BCUT2D eigenvalue weighted by Crippen LogP contribution is -2.14. The van der Waals surface area contributed by atoms with E-state index in [2.05, 4.69) is 9.97 Å². The zero-order valence-corrected chi connectivity index (χ0v) is 11.6. The van der Waals surface area contributed by atoms with Crippen LogP contribution in [0.5, 0.6) is 5.75 Å². The molecule has 21 heavy (non-hydrogen) atoms. The molecule has 3 rings (SSSR count). The van der Waals surface area contributed by atoms with Crippen molar-refractivity contribution >= 4 is 16.6 Å². The van der Waals surface area contributed by atoms with Gasteiger partial charge in [-0.3, -0.25) is 4.79 Å². The maximum atomic E-state index is 12.1. The number of anilines is 1. The molecular formula is C16H15N3O2. The SMILES string of the molecule is Cc1cccc2c(=O)[nH]c(COc3ccccc3N)nc12. The quantitative estimate of drug-likeness (QED) is 0.722. The molecule has 0 bridgehead atoms. The molecule has 2 aromatic carbocycles. The molecule has 0 atom stereocenters. The Labute approximate surface area is 121 Å². The molecular weight excluding hydrogens is 266 g/mol. The normalized spacial score (nSPS) is 10.7. The molecule has 0 aliphatic rings. The minimum atomic E-state index is -0.164. The van der Waals surface area contributed by atoms with Crippen LogP contribution in [-0.2, 0) is 6.61 Å². The molecule has 5 heteroatoms. The van der Waals surface area contributed by atoms with Crippen LogP contribution in [0.2, 0.25) is 0 Å². The minimum Gasteiger partial charge on any atom is -0.484 e.